The van der Waals surface area contributed by atoms with E-state index in [9.17, 15) is 17.6 Å². The highest BCUT2D eigenvalue weighted by Gasteiger charge is 2.34. The van der Waals surface area contributed by atoms with E-state index in [0.717, 1.165) is 27.6 Å². The van der Waals surface area contributed by atoms with E-state index in [-0.39, 0.29) is 11.6 Å². The lowest BCUT2D eigenvalue weighted by Gasteiger charge is -2.28. The van der Waals surface area contributed by atoms with Crippen molar-refractivity contribution in [1.29, 1.82) is 5.41 Å². The second kappa shape index (κ2) is 8.76. The summed E-state index contributed by atoms with van der Waals surface area (Å²) in [5, 5.41) is 15.3. The average molecular weight is 473 g/mol. The number of halogens is 4. The number of hydrogen-bond acceptors (Lipinski definition) is 1. The lowest BCUT2D eigenvalue weighted by Crippen LogP contribution is -2.32. The van der Waals surface area contributed by atoms with Gasteiger partial charge in [0, 0.05) is 16.5 Å². The molecule has 0 aliphatic rings. The molecule has 0 saturated carbocycles. The van der Waals surface area contributed by atoms with Crippen LogP contribution < -0.4 is 10.2 Å². The predicted octanol–water partition coefficient (Wildman–Crippen LogP) is 8.34. The van der Waals surface area contributed by atoms with Crippen molar-refractivity contribution in [3.05, 3.63) is 115 Å². The van der Waals surface area contributed by atoms with Crippen molar-refractivity contribution in [1.82, 2.24) is 0 Å². The van der Waals surface area contributed by atoms with Crippen LogP contribution in [-0.2, 0) is 6.18 Å². The Bertz CT molecular complexity index is 1470. The van der Waals surface area contributed by atoms with Crippen molar-refractivity contribution < 1.29 is 17.6 Å². The molecule has 0 spiro atoms. The van der Waals surface area contributed by atoms with E-state index in [0.29, 0.717) is 17.4 Å². The van der Waals surface area contributed by atoms with E-state index in [1.807, 2.05) is 84.9 Å². The SMILES string of the molecule is N=C(Nc1ccc(F)c(C(F)(F)F)c1)N(c1cccc2ccccc12)c1cccc2ccccc12. The van der Waals surface area contributed by atoms with Crippen LogP contribution in [0.4, 0.5) is 34.6 Å². The quantitative estimate of drug-likeness (QED) is 0.157. The summed E-state index contributed by atoms with van der Waals surface area (Å²) in [4.78, 5) is 1.65. The molecular weight excluding hydrogens is 454 g/mol. The molecule has 5 aromatic carbocycles. The number of hydrogen-bond donors (Lipinski definition) is 2. The minimum Gasteiger partial charge on any atom is -0.326 e. The molecule has 0 radical (unpaired) electrons. The van der Waals surface area contributed by atoms with Crippen molar-refractivity contribution >= 4 is 44.6 Å². The number of nitrogens with one attached hydrogen (secondary N) is 2. The van der Waals surface area contributed by atoms with Gasteiger partial charge >= 0.3 is 6.18 Å². The van der Waals surface area contributed by atoms with Gasteiger partial charge in [-0.05, 0) is 41.1 Å². The Kier molecular flexibility index (Phi) is 5.61. The van der Waals surface area contributed by atoms with Crippen LogP contribution in [0.2, 0.25) is 0 Å². The molecule has 0 aliphatic carbocycles. The summed E-state index contributed by atoms with van der Waals surface area (Å²) >= 11 is 0. The number of benzene rings is 5. The number of rotatable bonds is 3. The molecule has 0 aliphatic heterocycles. The topological polar surface area (TPSA) is 39.1 Å². The summed E-state index contributed by atoms with van der Waals surface area (Å²) in [6.07, 6.45) is -4.85. The van der Waals surface area contributed by atoms with Crippen LogP contribution >= 0.6 is 0 Å². The van der Waals surface area contributed by atoms with Crippen LogP contribution in [0.5, 0.6) is 0 Å². The van der Waals surface area contributed by atoms with Gasteiger partial charge in [-0.2, -0.15) is 13.2 Å². The minimum atomic E-state index is -4.85. The normalized spacial score (nSPS) is 11.5. The molecule has 7 heteroatoms. The van der Waals surface area contributed by atoms with E-state index in [2.05, 4.69) is 5.32 Å². The molecule has 0 unspecified atom stereocenters. The maximum absolute atomic E-state index is 13.8. The van der Waals surface area contributed by atoms with Crippen LogP contribution in [0.1, 0.15) is 5.56 Å². The summed E-state index contributed by atoms with van der Waals surface area (Å²) < 4.78 is 53.6. The first-order valence-corrected chi connectivity index (χ1v) is 10.8. The van der Waals surface area contributed by atoms with E-state index >= 15 is 0 Å². The lowest BCUT2D eigenvalue weighted by molar-refractivity contribution is -0.139. The first kappa shape index (κ1) is 22.4. The molecule has 0 heterocycles. The predicted molar refractivity (Wildman–Crippen MR) is 133 cm³/mol. The van der Waals surface area contributed by atoms with Gasteiger partial charge in [-0.1, -0.05) is 72.8 Å². The third kappa shape index (κ3) is 4.28. The number of fused-ring (bicyclic) bond motifs is 2. The fourth-order valence-electron chi connectivity index (χ4n) is 4.19. The van der Waals surface area contributed by atoms with Crippen LogP contribution in [-0.4, -0.2) is 5.96 Å². The summed E-state index contributed by atoms with van der Waals surface area (Å²) in [5.41, 5.74) is -0.0865. The van der Waals surface area contributed by atoms with Gasteiger partial charge in [-0.25, -0.2) is 4.39 Å². The number of alkyl halides is 3. The molecular formula is C28H19F4N3. The molecule has 35 heavy (non-hydrogen) atoms. The number of guanidine groups is 1. The number of anilines is 3. The number of nitrogens with zero attached hydrogens (tertiary/aromatic N) is 1. The van der Waals surface area contributed by atoms with Crippen LogP contribution in [0.25, 0.3) is 21.5 Å². The Balaban J connectivity index is 1.67. The molecule has 5 aromatic rings. The van der Waals surface area contributed by atoms with Crippen molar-refractivity contribution in [2.24, 2.45) is 0 Å². The molecule has 0 fully saturated rings. The molecule has 2 N–H and O–H groups in total. The molecule has 0 amide bonds. The standard InChI is InChI=1S/C28H19F4N3/c29-24-16-15-20(17-23(24)28(30,31)32)34-27(33)35(25-13-5-9-18-7-1-3-11-21(18)25)26-14-6-10-19-8-2-4-12-22(19)26/h1-17H,(H2,33,34). The summed E-state index contributed by atoms with van der Waals surface area (Å²) in [6, 6.07) is 29.3. The minimum absolute atomic E-state index is 0.0470. The van der Waals surface area contributed by atoms with E-state index in [4.69, 9.17) is 5.41 Å². The summed E-state index contributed by atoms with van der Waals surface area (Å²) in [7, 11) is 0. The Morgan fingerprint density at radius 3 is 1.74 bits per heavy atom. The zero-order chi connectivity index (χ0) is 24.6. The summed E-state index contributed by atoms with van der Waals surface area (Å²) in [5.74, 6) is -1.55. The summed E-state index contributed by atoms with van der Waals surface area (Å²) in [6.45, 7) is 0. The second-order valence-electron chi connectivity index (χ2n) is 8.00. The average Bonchev–Trinajstić information content (AvgIpc) is 2.85. The molecule has 3 nitrogen and oxygen atoms in total. The first-order valence-electron chi connectivity index (χ1n) is 10.8. The van der Waals surface area contributed by atoms with Crippen molar-refractivity contribution in [2.45, 2.75) is 6.18 Å². The van der Waals surface area contributed by atoms with Gasteiger partial charge in [-0.15, -0.1) is 0 Å². The first-order chi connectivity index (χ1) is 16.8. The zero-order valence-corrected chi connectivity index (χ0v) is 18.3. The van der Waals surface area contributed by atoms with Crippen LogP contribution in [0.15, 0.2) is 103 Å². The van der Waals surface area contributed by atoms with Crippen molar-refractivity contribution in [2.75, 3.05) is 10.2 Å². The Morgan fingerprint density at radius 2 is 1.20 bits per heavy atom. The maximum Gasteiger partial charge on any atom is 0.419 e. The highest BCUT2D eigenvalue weighted by Crippen LogP contribution is 2.37. The fraction of sp³-hybridized carbons (Fsp3) is 0.0357. The zero-order valence-electron chi connectivity index (χ0n) is 18.3. The molecule has 5 rings (SSSR count). The molecule has 0 atom stereocenters. The van der Waals surface area contributed by atoms with Gasteiger partial charge in [0.1, 0.15) is 5.82 Å². The van der Waals surface area contributed by atoms with Gasteiger partial charge in [0.25, 0.3) is 0 Å². The van der Waals surface area contributed by atoms with E-state index in [1.165, 1.54) is 6.07 Å². The monoisotopic (exact) mass is 473 g/mol. The van der Waals surface area contributed by atoms with Crippen molar-refractivity contribution in [3.63, 3.8) is 0 Å². The van der Waals surface area contributed by atoms with Gasteiger partial charge in [-0.3, -0.25) is 10.3 Å². The largest absolute Gasteiger partial charge is 0.419 e. The van der Waals surface area contributed by atoms with Crippen LogP contribution in [0, 0.1) is 11.2 Å². The molecule has 0 aromatic heterocycles. The Labute approximate surface area is 198 Å². The highest BCUT2D eigenvalue weighted by atomic mass is 19.4. The van der Waals surface area contributed by atoms with Gasteiger partial charge < -0.3 is 5.32 Å². The van der Waals surface area contributed by atoms with E-state index < -0.39 is 17.6 Å². The molecule has 0 saturated heterocycles. The van der Waals surface area contributed by atoms with Gasteiger partial charge in [0.05, 0.1) is 16.9 Å². The molecule has 0 bridgehead atoms. The van der Waals surface area contributed by atoms with Gasteiger partial charge in [0.2, 0.25) is 5.96 Å². The van der Waals surface area contributed by atoms with E-state index in [1.54, 1.807) is 4.90 Å². The molecule has 174 valence electrons. The Hall–Kier alpha value is -4.39. The fourth-order valence-corrected chi connectivity index (χ4v) is 4.19. The third-order valence-electron chi connectivity index (χ3n) is 5.77. The second-order valence-corrected chi connectivity index (χ2v) is 8.00. The Morgan fingerprint density at radius 1 is 0.686 bits per heavy atom. The maximum atomic E-state index is 13.8. The highest BCUT2D eigenvalue weighted by molar-refractivity contribution is 6.17. The lowest BCUT2D eigenvalue weighted by atomic mass is 10.0. The smallest absolute Gasteiger partial charge is 0.326 e. The van der Waals surface area contributed by atoms with Crippen molar-refractivity contribution in [3.8, 4) is 0 Å². The third-order valence-corrected chi connectivity index (χ3v) is 5.77. The van der Waals surface area contributed by atoms with Gasteiger partial charge in [0.15, 0.2) is 0 Å². The van der Waals surface area contributed by atoms with Crippen LogP contribution in [0.3, 0.4) is 0 Å².